The molecule has 1 aliphatic heterocycles. The molecular formula is C22H28N4O3S. The summed E-state index contributed by atoms with van der Waals surface area (Å²) < 4.78 is 8.27. The number of hydrogen-bond donors (Lipinski definition) is 4. The Bertz CT molecular complexity index is 894. The molecule has 0 aliphatic carbocycles. The quantitative estimate of drug-likeness (QED) is 0.337. The minimum absolute atomic E-state index is 0.208. The van der Waals surface area contributed by atoms with Crippen LogP contribution in [0.3, 0.4) is 0 Å². The van der Waals surface area contributed by atoms with Gasteiger partial charge in [-0.05, 0) is 52.6 Å². The van der Waals surface area contributed by atoms with Gasteiger partial charge < -0.3 is 20.3 Å². The summed E-state index contributed by atoms with van der Waals surface area (Å²) in [7, 11) is 0. The first-order valence-corrected chi connectivity index (χ1v) is 10.9. The largest absolute Gasteiger partial charge is 0.394 e. The van der Waals surface area contributed by atoms with Crippen molar-refractivity contribution in [2.45, 2.75) is 6.10 Å². The molecule has 30 heavy (non-hydrogen) atoms. The molecule has 0 radical (unpaired) electrons. The van der Waals surface area contributed by atoms with Gasteiger partial charge in [0.05, 0.1) is 25.9 Å². The summed E-state index contributed by atoms with van der Waals surface area (Å²) in [5.41, 5.74) is 2.03. The Balaban J connectivity index is 1.57. The first kappa shape index (κ1) is 22.6. The first-order valence-electron chi connectivity index (χ1n) is 10.1. The molecule has 8 heteroatoms. The number of hydrogen-bond acceptors (Lipinski definition) is 8. The Morgan fingerprint density at radius 2 is 2.00 bits per heavy atom. The van der Waals surface area contributed by atoms with Crippen molar-refractivity contribution in [3.63, 3.8) is 0 Å². The molecule has 4 N–H and O–H groups in total. The minimum Gasteiger partial charge on any atom is -0.394 e. The Morgan fingerprint density at radius 1 is 1.23 bits per heavy atom. The van der Waals surface area contributed by atoms with E-state index >= 15 is 0 Å². The number of aliphatic hydroxyl groups excluding tert-OH is 2. The molecule has 0 amide bonds. The zero-order valence-corrected chi connectivity index (χ0v) is 17.7. The third-order valence-electron chi connectivity index (χ3n) is 4.84. The fourth-order valence-corrected chi connectivity index (χ4v) is 3.84. The number of fused-ring (bicyclic) bond motifs is 1. The van der Waals surface area contributed by atoms with Crippen LogP contribution < -0.4 is 10.0 Å². The van der Waals surface area contributed by atoms with Crippen LogP contribution in [0.1, 0.15) is 5.56 Å². The summed E-state index contributed by atoms with van der Waals surface area (Å²) in [4.78, 5) is 2.89. The number of allylic oxidation sites excluding steroid dienone is 1. The van der Waals surface area contributed by atoms with Gasteiger partial charge in [-0.15, -0.1) is 0 Å². The SMILES string of the molecule is N#C/C(=C\c1ccc2cc(NCCN3CCOCC3)ccc2c1)SNCC(O)CO. The molecule has 1 atom stereocenters. The van der Waals surface area contributed by atoms with Crippen LogP contribution in [0.4, 0.5) is 5.69 Å². The maximum atomic E-state index is 9.35. The zero-order valence-electron chi connectivity index (χ0n) is 16.9. The molecule has 3 rings (SSSR count). The number of ether oxygens (including phenoxy) is 1. The highest BCUT2D eigenvalue weighted by molar-refractivity contribution is 8.01. The Labute approximate surface area is 181 Å². The summed E-state index contributed by atoms with van der Waals surface area (Å²) in [6.07, 6.45) is 0.964. The molecule has 1 fully saturated rings. The van der Waals surface area contributed by atoms with Crippen LogP contribution in [0.15, 0.2) is 41.3 Å². The summed E-state index contributed by atoms with van der Waals surface area (Å²) in [6.45, 7) is 5.43. The van der Waals surface area contributed by atoms with Crippen molar-refractivity contribution >= 4 is 34.5 Å². The molecule has 2 aromatic carbocycles. The number of benzene rings is 2. The van der Waals surface area contributed by atoms with Gasteiger partial charge in [0.2, 0.25) is 0 Å². The first-order chi connectivity index (χ1) is 14.7. The Kier molecular flexibility index (Phi) is 8.96. The van der Waals surface area contributed by atoms with Crippen molar-refractivity contribution in [1.29, 1.82) is 5.26 Å². The molecule has 7 nitrogen and oxygen atoms in total. The standard InChI is InChI=1S/C22H28N4O3S/c23-14-22(30-25-15-21(28)16-27)12-17-1-2-19-13-20(4-3-18(19)11-17)24-5-6-26-7-9-29-10-8-26/h1-4,11-13,21,24-25,27-28H,5-10,15-16H2/b22-12+. The number of nitriles is 1. The zero-order chi connectivity index (χ0) is 21.2. The van der Waals surface area contributed by atoms with E-state index in [0.717, 1.165) is 73.4 Å². The van der Waals surface area contributed by atoms with Gasteiger partial charge >= 0.3 is 0 Å². The van der Waals surface area contributed by atoms with E-state index in [1.54, 1.807) is 6.08 Å². The van der Waals surface area contributed by atoms with Gasteiger partial charge in [-0.25, -0.2) is 0 Å². The molecule has 0 aromatic heterocycles. The lowest BCUT2D eigenvalue weighted by atomic mass is 10.1. The molecule has 0 spiro atoms. The number of aliphatic hydroxyl groups is 2. The molecule has 1 aliphatic rings. The van der Waals surface area contributed by atoms with Gasteiger partial charge in [-0.1, -0.05) is 18.2 Å². The van der Waals surface area contributed by atoms with Crippen molar-refractivity contribution in [3.05, 3.63) is 46.9 Å². The number of morpholine rings is 1. The van der Waals surface area contributed by atoms with E-state index in [4.69, 9.17) is 9.84 Å². The lowest BCUT2D eigenvalue weighted by Gasteiger charge is -2.26. The average molecular weight is 429 g/mol. The topological polar surface area (TPSA) is 101 Å². The second kappa shape index (κ2) is 11.9. The van der Waals surface area contributed by atoms with E-state index in [-0.39, 0.29) is 13.2 Å². The lowest BCUT2D eigenvalue weighted by Crippen LogP contribution is -2.38. The van der Waals surface area contributed by atoms with E-state index in [1.165, 1.54) is 0 Å². The molecule has 160 valence electrons. The maximum Gasteiger partial charge on any atom is 0.107 e. The second-order valence-electron chi connectivity index (χ2n) is 7.11. The van der Waals surface area contributed by atoms with Crippen molar-refractivity contribution in [2.24, 2.45) is 0 Å². The van der Waals surface area contributed by atoms with Gasteiger partial charge in [-0.3, -0.25) is 9.62 Å². The summed E-state index contributed by atoms with van der Waals surface area (Å²) in [5.74, 6) is 0. The van der Waals surface area contributed by atoms with E-state index in [1.807, 2.05) is 12.1 Å². The van der Waals surface area contributed by atoms with Crippen molar-refractivity contribution in [2.75, 3.05) is 57.9 Å². The fourth-order valence-electron chi connectivity index (χ4n) is 3.16. The normalized spacial score (nSPS) is 16.4. The lowest BCUT2D eigenvalue weighted by molar-refractivity contribution is 0.0398. The third kappa shape index (κ3) is 6.99. The fraction of sp³-hybridized carbons (Fsp3) is 0.409. The van der Waals surface area contributed by atoms with Crippen molar-refractivity contribution < 1.29 is 14.9 Å². The highest BCUT2D eigenvalue weighted by Crippen LogP contribution is 2.23. The average Bonchev–Trinajstić information content (AvgIpc) is 2.79. The molecule has 2 aromatic rings. The monoisotopic (exact) mass is 428 g/mol. The maximum absolute atomic E-state index is 9.35. The van der Waals surface area contributed by atoms with Crippen LogP contribution in [0.25, 0.3) is 16.8 Å². The van der Waals surface area contributed by atoms with Gasteiger partial charge in [0.25, 0.3) is 0 Å². The van der Waals surface area contributed by atoms with Crippen LogP contribution in [-0.4, -0.2) is 73.8 Å². The predicted octanol–water partition coefficient (Wildman–Crippen LogP) is 2.04. The van der Waals surface area contributed by atoms with Gasteiger partial charge in [0.15, 0.2) is 0 Å². The van der Waals surface area contributed by atoms with Crippen LogP contribution in [0.5, 0.6) is 0 Å². The molecule has 1 saturated heterocycles. The van der Waals surface area contributed by atoms with Crippen LogP contribution in [-0.2, 0) is 4.74 Å². The summed E-state index contributed by atoms with van der Waals surface area (Å²) in [5, 5.41) is 33.2. The van der Waals surface area contributed by atoms with Gasteiger partial charge in [-0.2, -0.15) is 5.26 Å². The highest BCUT2D eigenvalue weighted by Gasteiger charge is 2.09. The third-order valence-corrected chi connectivity index (χ3v) is 5.59. The second-order valence-corrected chi connectivity index (χ2v) is 8.04. The Hall–Kier alpha value is -2.12. The highest BCUT2D eigenvalue weighted by atomic mass is 32.2. The summed E-state index contributed by atoms with van der Waals surface area (Å²) in [6, 6.07) is 14.5. The van der Waals surface area contributed by atoms with Crippen LogP contribution in [0, 0.1) is 11.3 Å². The number of rotatable bonds is 10. The molecule has 0 saturated carbocycles. The molecule has 0 bridgehead atoms. The number of nitrogens with one attached hydrogen (secondary N) is 2. The molecule has 1 heterocycles. The summed E-state index contributed by atoms with van der Waals surface area (Å²) >= 11 is 1.15. The molecular weight excluding hydrogens is 400 g/mol. The van der Waals surface area contributed by atoms with Gasteiger partial charge in [0.1, 0.15) is 11.0 Å². The smallest absolute Gasteiger partial charge is 0.107 e. The van der Waals surface area contributed by atoms with Crippen molar-refractivity contribution in [3.8, 4) is 6.07 Å². The number of nitrogens with zero attached hydrogens (tertiary/aromatic N) is 2. The van der Waals surface area contributed by atoms with Crippen LogP contribution >= 0.6 is 11.9 Å². The van der Waals surface area contributed by atoms with E-state index in [2.05, 4.69) is 45.3 Å². The van der Waals surface area contributed by atoms with E-state index < -0.39 is 6.10 Å². The van der Waals surface area contributed by atoms with E-state index in [0.29, 0.717) is 4.91 Å². The minimum atomic E-state index is -0.838. The van der Waals surface area contributed by atoms with Crippen LogP contribution in [0.2, 0.25) is 0 Å². The van der Waals surface area contributed by atoms with Crippen molar-refractivity contribution in [1.82, 2.24) is 9.62 Å². The van der Waals surface area contributed by atoms with E-state index in [9.17, 15) is 10.4 Å². The van der Waals surface area contributed by atoms with Gasteiger partial charge in [0, 0.05) is 38.4 Å². The molecule has 1 unspecified atom stereocenters. The Morgan fingerprint density at radius 3 is 2.77 bits per heavy atom. The number of anilines is 1. The predicted molar refractivity (Wildman–Crippen MR) is 122 cm³/mol.